The van der Waals surface area contributed by atoms with E-state index in [0.717, 1.165) is 58.3 Å². The predicted octanol–water partition coefficient (Wildman–Crippen LogP) is 5.80. The molecule has 1 amide bonds. The number of methoxy groups -OCH3 is 1. The number of nitrogens with zero attached hydrogens (tertiary/aromatic N) is 1. The number of rotatable bonds is 7. The van der Waals surface area contributed by atoms with Crippen LogP contribution in [-0.2, 0) is 11.3 Å². The van der Waals surface area contributed by atoms with Crippen molar-refractivity contribution in [3.63, 3.8) is 0 Å². The van der Waals surface area contributed by atoms with Crippen molar-refractivity contribution in [1.29, 1.82) is 0 Å². The summed E-state index contributed by atoms with van der Waals surface area (Å²) in [4.78, 5) is 24.3. The Bertz CT molecular complexity index is 1440. The summed E-state index contributed by atoms with van der Waals surface area (Å²) in [5, 5.41) is 14.3. The largest absolute Gasteiger partial charge is 0.497 e. The zero-order chi connectivity index (χ0) is 24.9. The van der Waals surface area contributed by atoms with Gasteiger partial charge in [-0.15, -0.1) is 11.3 Å². The van der Waals surface area contributed by atoms with Crippen molar-refractivity contribution in [2.75, 3.05) is 7.11 Å². The molecule has 6 rings (SSSR count). The first-order chi connectivity index (χ1) is 17.4. The van der Waals surface area contributed by atoms with Crippen molar-refractivity contribution in [2.24, 2.45) is 11.3 Å². The van der Waals surface area contributed by atoms with Crippen molar-refractivity contribution in [2.45, 2.75) is 38.3 Å². The van der Waals surface area contributed by atoms with Crippen LogP contribution < -0.4 is 10.1 Å². The highest BCUT2D eigenvalue weighted by molar-refractivity contribution is 7.17. The maximum Gasteiger partial charge on any atom is 0.306 e. The zero-order valence-electron chi connectivity index (χ0n) is 20.1. The van der Waals surface area contributed by atoms with Gasteiger partial charge in [0.05, 0.1) is 28.8 Å². The molecule has 0 bridgehead atoms. The molecule has 0 radical (unpaired) electrons. The summed E-state index contributed by atoms with van der Waals surface area (Å²) in [6.45, 7) is 0.683. The summed E-state index contributed by atoms with van der Waals surface area (Å²) in [5.74, 6) is -0.0946. The highest BCUT2D eigenvalue weighted by Crippen LogP contribution is 2.58. The Morgan fingerprint density at radius 1 is 1.08 bits per heavy atom. The van der Waals surface area contributed by atoms with Crippen LogP contribution in [0.15, 0.2) is 66.2 Å². The fraction of sp³-hybridized carbons (Fsp3) is 0.310. The molecule has 2 fully saturated rings. The van der Waals surface area contributed by atoms with Gasteiger partial charge in [0, 0.05) is 24.2 Å². The fourth-order valence-corrected chi connectivity index (χ4v) is 6.89. The van der Waals surface area contributed by atoms with Crippen LogP contribution >= 0.6 is 11.3 Å². The number of benzene rings is 2. The van der Waals surface area contributed by atoms with Crippen molar-refractivity contribution < 1.29 is 19.4 Å². The third kappa shape index (κ3) is 4.07. The average Bonchev–Trinajstić information content (AvgIpc) is 3.43. The number of carboxylic acid groups (broad SMARTS) is 1. The molecular formula is C29H28N2O4S. The smallest absolute Gasteiger partial charge is 0.306 e. The molecule has 0 unspecified atom stereocenters. The van der Waals surface area contributed by atoms with Gasteiger partial charge in [-0.3, -0.25) is 9.59 Å². The molecule has 2 aliphatic rings. The van der Waals surface area contributed by atoms with Gasteiger partial charge in [-0.2, -0.15) is 0 Å². The number of aliphatic carboxylic acids is 1. The minimum absolute atomic E-state index is 0.0384. The molecule has 2 saturated carbocycles. The van der Waals surface area contributed by atoms with Crippen LogP contribution in [0.4, 0.5) is 0 Å². The molecule has 1 spiro atoms. The Morgan fingerprint density at radius 2 is 1.86 bits per heavy atom. The minimum Gasteiger partial charge on any atom is -0.497 e. The monoisotopic (exact) mass is 500 g/mol. The molecule has 0 saturated heterocycles. The number of carbonyl (C=O) groups excluding carboxylic acids is 1. The summed E-state index contributed by atoms with van der Waals surface area (Å²) < 4.78 is 8.59. The normalized spacial score (nSPS) is 22.7. The van der Waals surface area contributed by atoms with E-state index >= 15 is 0 Å². The van der Waals surface area contributed by atoms with Crippen LogP contribution in [0.25, 0.3) is 21.3 Å². The highest BCUT2D eigenvalue weighted by atomic mass is 32.1. The van der Waals surface area contributed by atoms with Crippen molar-refractivity contribution in [3.05, 3.63) is 77.3 Å². The fourth-order valence-electron chi connectivity index (χ4n) is 5.95. The number of hydrogen-bond acceptors (Lipinski definition) is 4. The van der Waals surface area contributed by atoms with Gasteiger partial charge in [0.2, 0.25) is 0 Å². The van der Waals surface area contributed by atoms with Crippen molar-refractivity contribution in [1.82, 2.24) is 9.88 Å². The van der Waals surface area contributed by atoms with E-state index in [9.17, 15) is 9.59 Å². The molecule has 184 valence electrons. The van der Waals surface area contributed by atoms with Crippen molar-refractivity contribution in [3.8, 4) is 16.9 Å². The first-order valence-corrected chi connectivity index (χ1v) is 13.1. The molecule has 0 atom stereocenters. The van der Waals surface area contributed by atoms with E-state index in [1.165, 1.54) is 0 Å². The van der Waals surface area contributed by atoms with Gasteiger partial charge < -0.3 is 19.7 Å². The second kappa shape index (κ2) is 8.82. The second-order valence-electron chi connectivity index (χ2n) is 10.3. The number of hydrogen-bond donors (Lipinski definition) is 2. The first-order valence-electron chi connectivity index (χ1n) is 12.3. The number of carbonyl (C=O) groups is 2. The van der Waals surface area contributed by atoms with Crippen LogP contribution in [0.5, 0.6) is 5.75 Å². The maximum atomic E-state index is 13.1. The highest BCUT2D eigenvalue weighted by Gasteiger charge is 2.55. The van der Waals surface area contributed by atoms with Gasteiger partial charge in [0.1, 0.15) is 5.75 Å². The standard InChI is InChI=1S/C29H28N2O4S/c1-35-23-4-2-3-20(11-23)19-7-5-18(6-8-19)16-31-10-9-25-26(31)24(17-36-25)27(32)30-22-14-29(15-22)12-21(13-29)28(33)34/h2-11,17,21-22H,12-16H2,1H3,(H,30,32)(H,33,34). The number of ether oxygens (including phenoxy) is 1. The van der Waals surface area contributed by atoms with Gasteiger partial charge in [-0.25, -0.2) is 0 Å². The summed E-state index contributed by atoms with van der Waals surface area (Å²) in [6.07, 6.45) is 5.31. The number of nitrogens with one attached hydrogen (secondary N) is 1. The van der Waals surface area contributed by atoms with Crippen LogP contribution in [0, 0.1) is 11.3 Å². The molecule has 2 aliphatic carbocycles. The van der Waals surface area contributed by atoms with E-state index < -0.39 is 5.97 Å². The van der Waals surface area contributed by atoms with E-state index in [1.54, 1.807) is 18.4 Å². The van der Waals surface area contributed by atoms with E-state index in [-0.39, 0.29) is 23.3 Å². The van der Waals surface area contributed by atoms with Gasteiger partial charge in [-0.05, 0) is 66.0 Å². The Hall–Kier alpha value is -3.58. The van der Waals surface area contributed by atoms with E-state index in [0.29, 0.717) is 12.1 Å². The van der Waals surface area contributed by atoms with Gasteiger partial charge >= 0.3 is 5.97 Å². The minimum atomic E-state index is -0.690. The molecule has 2 N–H and O–H groups in total. The van der Waals surface area contributed by atoms with E-state index in [1.807, 2.05) is 29.8 Å². The molecule has 36 heavy (non-hydrogen) atoms. The predicted molar refractivity (Wildman–Crippen MR) is 141 cm³/mol. The maximum absolute atomic E-state index is 13.1. The first kappa shape index (κ1) is 22.9. The van der Waals surface area contributed by atoms with Gasteiger partial charge in [0.25, 0.3) is 5.91 Å². The van der Waals surface area contributed by atoms with Crippen LogP contribution in [0.1, 0.15) is 41.6 Å². The molecule has 7 heteroatoms. The van der Waals surface area contributed by atoms with Crippen LogP contribution in [-0.4, -0.2) is 34.7 Å². The number of thiophene rings is 1. The van der Waals surface area contributed by atoms with E-state index in [2.05, 4.69) is 46.3 Å². The Balaban J connectivity index is 1.13. The lowest BCUT2D eigenvalue weighted by Gasteiger charge is -2.56. The molecule has 4 aromatic rings. The zero-order valence-corrected chi connectivity index (χ0v) is 20.9. The molecule has 2 heterocycles. The summed E-state index contributed by atoms with van der Waals surface area (Å²) in [7, 11) is 1.67. The number of aromatic nitrogens is 1. The average molecular weight is 501 g/mol. The Labute approximate surface area is 213 Å². The van der Waals surface area contributed by atoms with Crippen LogP contribution in [0.3, 0.4) is 0 Å². The van der Waals surface area contributed by atoms with E-state index in [4.69, 9.17) is 9.84 Å². The van der Waals surface area contributed by atoms with Crippen LogP contribution in [0.2, 0.25) is 0 Å². The molecular weight excluding hydrogens is 472 g/mol. The topological polar surface area (TPSA) is 80.6 Å². The Kier molecular flexibility index (Phi) is 5.60. The Morgan fingerprint density at radius 3 is 2.58 bits per heavy atom. The lowest BCUT2D eigenvalue weighted by Crippen LogP contribution is -2.57. The summed E-state index contributed by atoms with van der Waals surface area (Å²) in [6, 6.07) is 18.7. The SMILES string of the molecule is COc1cccc(-c2ccc(Cn3ccc4scc(C(=O)NC5CC6(C5)CC(C(=O)O)C6)c43)cc2)c1. The molecule has 2 aromatic carbocycles. The number of amides is 1. The third-order valence-electron chi connectivity index (χ3n) is 7.84. The number of carboxylic acids is 1. The lowest BCUT2D eigenvalue weighted by molar-refractivity contribution is -0.155. The third-order valence-corrected chi connectivity index (χ3v) is 8.78. The molecule has 0 aliphatic heterocycles. The lowest BCUT2D eigenvalue weighted by atomic mass is 9.50. The van der Waals surface area contributed by atoms with Gasteiger partial charge in [-0.1, -0.05) is 36.4 Å². The quantitative estimate of drug-likeness (QED) is 0.336. The second-order valence-corrected chi connectivity index (χ2v) is 11.2. The summed E-state index contributed by atoms with van der Waals surface area (Å²) >= 11 is 1.59. The van der Waals surface area contributed by atoms with Gasteiger partial charge in [0.15, 0.2) is 0 Å². The number of fused-ring (bicyclic) bond motifs is 1. The summed E-state index contributed by atoms with van der Waals surface area (Å²) in [5.41, 5.74) is 5.23. The molecule has 6 nitrogen and oxygen atoms in total. The van der Waals surface area contributed by atoms with Crippen molar-refractivity contribution >= 4 is 33.4 Å². The molecule has 2 aromatic heterocycles.